The van der Waals surface area contributed by atoms with E-state index in [9.17, 15) is 13.2 Å². The van der Waals surface area contributed by atoms with Crippen LogP contribution in [0.3, 0.4) is 0 Å². The summed E-state index contributed by atoms with van der Waals surface area (Å²) in [5.41, 5.74) is -0.0105. The molecule has 0 atom stereocenters. The van der Waals surface area contributed by atoms with Crippen molar-refractivity contribution in [3.05, 3.63) is 41.2 Å². The van der Waals surface area contributed by atoms with E-state index >= 15 is 0 Å². The van der Waals surface area contributed by atoms with Gasteiger partial charge in [-0.25, -0.2) is 4.99 Å². The molecule has 2 aromatic rings. The van der Waals surface area contributed by atoms with Crippen LogP contribution in [0.2, 0.25) is 0 Å². The lowest BCUT2D eigenvalue weighted by Crippen LogP contribution is -2.38. The second kappa shape index (κ2) is 9.53. The molecule has 160 valence electrons. The molecule has 0 amide bonds. The monoisotopic (exact) mass is 413 g/mol. The number of nitrogens with one attached hydrogen (secondary N) is 1. The van der Waals surface area contributed by atoms with Crippen LogP contribution in [-0.2, 0) is 26.3 Å². The minimum Gasteiger partial charge on any atom is -0.497 e. The molecule has 0 aliphatic rings. The molecule has 1 aromatic carbocycles. The number of guanidine groups is 1. The highest BCUT2D eigenvalue weighted by molar-refractivity contribution is 5.79. The maximum absolute atomic E-state index is 13.2. The Morgan fingerprint density at radius 3 is 2.55 bits per heavy atom. The van der Waals surface area contributed by atoms with Gasteiger partial charge in [-0.05, 0) is 19.1 Å². The first-order valence-corrected chi connectivity index (χ1v) is 8.99. The zero-order chi connectivity index (χ0) is 21.6. The van der Waals surface area contributed by atoms with Gasteiger partial charge in [0.2, 0.25) is 0 Å². The topological polar surface area (TPSA) is 63.9 Å². The normalized spacial score (nSPS) is 12.1. The number of alkyl halides is 3. The standard InChI is InChI=1S/C19H26F3N5O2/c1-6-23-18(24-10-14-12-27(3)25-17(14)19(20,21)22)26(2)11-13-7-8-15(28-4)9-16(13)29-5/h7-9,12H,6,10-11H2,1-5H3,(H,23,24). The fourth-order valence-electron chi connectivity index (χ4n) is 2.83. The van der Waals surface area contributed by atoms with E-state index in [1.165, 1.54) is 13.2 Å². The first-order chi connectivity index (χ1) is 13.7. The number of methoxy groups -OCH3 is 2. The van der Waals surface area contributed by atoms with Gasteiger partial charge in [0.1, 0.15) is 11.5 Å². The number of hydrogen-bond donors (Lipinski definition) is 1. The Morgan fingerprint density at radius 2 is 1.97 bits per heavy atom. The van der Waals surface area contributed by atoms with E-state index < -0.39 is 11.9 Å². The van der Waals surface area contributed by atoms with Crippen LogP contribution in [0.25, 0.3) is 0 Å². The Hall–Kier alpha value is -2.91. The summed E-state index contributed by atoms with van der Waals surface area (Å²) in [6, 6.07) is 5.47. The van der Waals surface area contributed by atoms with Crippen molar-refractivity contribution in [3.8, 4) is 11.5 Å². The predicted molar refractivity (Wildman–Crippen MR) is 104 cm³/mol. The summed E-state index contributed by atoms with van der Waals surface area (Å²) < 4.78 is 51.2. The van der Waals surface area contributed by atoms with E-state index in [1.807, 2.05) is 24.0 Å². The molecule has 0 unspecified atom stereocenters. The molecule has 1 heterocycles. The number of nitrogens with zero attached hydrogens (tertiary/aromatic N) is 4. The minimum absolute atomic E-state index is 0.0193. The molecule has 10 heteroatoms. The van der Waals surface area contributed by atoms with Crippen LogP contribution in [0.4, 0.5) is 13.2 Å². The molecule has 7 nitrogen and oxygen atoms in total. The summed E-state index contributed by atoms with van der Waals surface area (Å²) in [6.45, 7) is 2.76. The molecule has 0 saturated carbocycles. The number of rotatable bonds is 7. The number of halogens is 3. The quantitative estimate of drug-likeness (QED) is 0.558. The summed E-state index contributed by atoms with van der Waals surface area (Å²) in [4.78, 5) is 6.19. The molecule has 1 aromatic heterocycles. The number of aromatic nitrogens is 2. The maximum Gasteiger partial charge on any atom is 0.435 e. The highest BCUT2D eigenvalue weighted by atomic mass is 19.4. The molecule has 0 aliphatic carbocycles. The third-order valence-electron chi connectivity index (χ3n) is 4.17. The summed E-state index contributed by atoms with van der Waals surface area (Å²) in [7, 11) is 6.40. The lowest BCUT2D eigenvalue weighted by molar-refractivity contribution is -0.142. The van der Waals surface area contributed by atoms with Crippen molar-refractivity contribution in [2.45, 2.75) is 26.2 Å². The van der Waals surface area contributed by atoms with E-state index in [0.29, 0.717) is 30.5 Å². The minimum atomic E-state index is -4.52. The van der Waals surface area contributed by atoms with Gasteiger partial charge in [0.15, 0.2) is 11.7 Å². The van der Waals surface area contributed by atoms with Crippen molar-refractivity contribution in [2.24, 2.45) is 12.0 Å². The summed E-state index contributed by atoms with van der Waals surface area (Å²) in [5, 5.41) is 6.62. The molecular formula is C19H26F3N5O2. The van der Waals surface area contributed by atoms with Gasteiger partial charge in [0.05, 0.1) is 20.8 Å². The average molecular weight is 413 g/mol. The lowest BCUT2D eigenvalue weighted by atomic mass is 10.2. The van der Waals surface area contributed by atoms with Gasteiger partial charge in [-0.15, -0.1) is 0 Å². The molecular weight excluding hydrogens is 387 g/mol. The Morgan fingerprint density at radius 1 is 1.24 bits per heavy atom. The fourth-order valence-corrected chi connectivity index (χ4v) is 2.83. The molecule has 0 saturated heterocycles. The van der Waals surface area contributed by atoms with E-state index in [4.69, 9.17) is 9.47 Å². The average Bonchev–Trinajstić information content (AvgIpc) is 3.06. The smallest absolute Gasteiger partial charge is 0.435 e. The van der Waals surface area contributed by atoms with Crippen molar-refractivity contribution in [3.63, 3.8) is 0 Å². The summed E-state index contributed by atoms with van der Waals surface area (Å²) >= 11 is 0. The highest BCUT2D eigenvalue weighted by Gasteiger charge is 2.36. The summed E-state index contributed by atoms with van der Waals surface area (Å²) in [6.07, 6.45) is -3.19. The molecule has 0 aliphatic heterocycles. The molecule has 0 radical (unpaired) electrons. The second-order valence-electron chi connectivity index (χ2n) is 6.38. The van der Waals surface area contributed by atoms with Crippen molar-refractivity contribution in [1.82, 2.24) is 20.0 Å². The molecule has 0 spiro atoms. The van der Waals surface area contributed by atoms with Gasteiger partial charge >= 0.3 is 6.18 Å². The maximum atomic E-state index is 13.2. The van der Waals surface area contributed by atoms with E-state index in [1.54, 1.807) is 27.3 Å². The van der Waals surface area contributed by atoms with Crippen LogP contribution < -0.4 is 14.8 Å². The van der Waals surface area contributed by atoms with Gasteiger partial charge in [0.25, 0.3) is 0 Å². The first-order valence-electron chi connectivity index (χ1n) is 8.99. The van der Waals surface area contributed by atoms with E-state index in [2.05, 4.69) is 15.4 Å². The van der Waals surface area contributed by atoms with Crippen molar-refractivity contribution in [2.75, 3.05) is 27.8 Å². The summed E-state index contributed by atoms with van der Waals surface area (Å²) in [5.74, 6) is 1.80. The van der Waals surface area contributed by atoms with Gasteiger partial charge in [-0.3, -0.25) is 4.68 Å². The number of benzene rings is 1. The van der Waals surface area contributed by atoms with E-state index in [-0.39, 0.29) is 12.1 Å². The molecule has 0 bridgehead atoms. The van der Waals surface area contributed by atoms with Crippen LogP contribution in [-0.4, -0.2) is 48.5 Å². The Kier molecular flexibility index (Phi) is 7.35. The predicted octanol–water partition coefficient (Wildman–Crippen LogP) is 3.05. The van der Waals surface area contributed by atoms with Crippen molar-refractivity contribution in [1.29, 1.82) is 0 Å². The largest absolute Gasteiger partial charge is 0.497 e. The van der Waals surface area contributed by atoms with Crippen molar-refractivity contribution >= 4 is 5.96 Å². The molecule has 0 fully saturated rings. The SMILES string of the molecule is CCNC(=NCc1cn(C)nc1C(F)(F)F)N(C)Cc1ccc(OC)cc1OC. The third kappa shape index (κ3) is 5.78. The van der Waals surface area contributed by atoms with Gasteiger partial charge < -0.3 is 19.7 Å². The van der Waals surface area contributed by atoms with Gasteiger partial charge in [-0.2, -0.15) is 18.3 Å². The van der Waals surface area contributed by atoms with Gasteiger partial charge in [-0.1, -0.05) is 0 Å². The fraction of sp³-hybridized carbons (Fsp3) is 0.474. The van der Waals surface area contributed by atoms with Crippen LogP contribution in [0.1, 0.15) is 23.7 Å². The zero-order valence-corrected chi connectivity index (χ0v) is 17.2. The number of aryl methyl sites for hydroxylation is 1. The van der Waals surface area contributed by atoms with Crippen LogP contribution in [0.5, 0.6) is 11.5 Å². The second-order valence-corrected chi connectivity index (χ2v) is 6.38. The van der Waals surface area contributed by atoms with Gasteiger partial charge in [0, 0.05) is 50.6 Å². The molecule has 2 rings (SSSR count). The molecule has 1 N–H and O–H groups in total. The lowest BCUT2D eigenvalue weighted by Gasteiger charge is -2.23. The van der Waals surface area contributed by atoms with Crippen LogP contribution >= 0.6 is 0 Å². The van der Waals surface area contributed by atoms with Crippen LogP contribution in [0, 0.1) is 0 Å². The third-order valence-corrected chi connectivity index (χ3v) is 4.17. The Balaban J connectivity index is 2.23. The van der Waals surface area contributed by atoms with E-state index in [0.717, 1.165) is 10.2 Å². The molecule has 29 heavy (non-hydrogen) atoms. The zero-order valence-electron chi connectivity index (χ0n) is 17.2. The number of ether oxygens (including phenoxy) is 2. The van der Waals surface area contributed by atoms with Crippen molar-refractivity contribution < 1.29 is 22.6 Å². The number of aliphatic imine (C=N–C) groups is 1. The Bertz CT molecular complexity index is 849. The number of hydrogen-bond acceptors (Lipinski definition) is 4. The Labute approximate surface area is 168 Å². The highest BCUT2D eigenvalue weighted by Crippen LogP contribution is 2.31. The van der Waals surface area contributed by atoms with Crippen LogP contribution in [0.15, 0.2) is 29.4 Å². The first kappa shape index (κ1) is 22.4.